The molecule has 4 rings (SSSR count). The summed E-state index contributed by atoms with van der Waals surface area (Å²) in [5, 5.41) is 9.20. The van der Waals surface area contributed by atoms with Crippen molar-refractivity contribution in [2.45, 2.75) is 24.7 Å². The van der Waals surface area contributed by atoms with Crippen molar-refractivity contribution in [3.63, 3.8) is 0 Å². The molecule has 0 fully saturated rings. The Labute approximate surface area is 176 Å². The van der Waals surface area contributed by atoms with E-state index in [0.717, 1.165) is 0 Å². The van der Waals surface area contributed by atoms with Gasteiger partial charge in [-0.2, -0.15) is 4.98 Å². The highest BCUT2D eigenvalue weighted by atomic mass is 35.5. The topological polar surface area (TPSA) is 68.2 Å². The monoisotopic (exact) mass is 430 g/mol. The molecule has 2 heterocycles. The minimum Gasteiger partial charge on any atom is -0.447 e. The molecule has 29 heavy (non-hydrogen) atoms. The van der Waals surface area contributed by atoms with E-state index >= 15 is 0 Å². The van der Waals surface area contributed by atoms with Crippen molar-refractivity contribution in [3.05, 3.63) is 58.9 Å². The maximum Gasteiger partial charge on any atom is 0.247 e. The Morgan fingerprint density at radius 3 is 2.79 bits per heavy atom. The van der Waals surface area contributed by atoms with Crippen LogP contribution in [-0.2, 0) is 4.79 Å². The predicted octanol–water partition coefficient (Wildman–Crippen LogP) is 4.89. The number of aromatic nitrogens is 3. The van der Waals surface area contributed by atoms with Crippen molar-refractivity contribution in [2.75, 3.05) is 11.2 Å². The zero-order chi connectivity index (χ0) is 20.5. The van der Waals surface area contributed by atoms with Gasteiger partial charge in [-0.1, -0.05) is 48.5 Å². The Kier molecular flexibility index (Phi) is 5.38. The molecule has 0 saturated carbocycles. The predicted molar refractivity (Wildman–Crippen MR) is 110 cm³/mol. The lowest BCUT2D eigenvalue weighted by Gasteiger charge is -2.30. The van der Waals surface area contributed by atoms with Gasteiger partial charge in [0.05, 0.1) is 5.69 Å². The maximum absolute atomic E-state index is 14.7. The van der Waals surface area contributed by atoms with E-state index in [1.165, 1.54) is 22.7 Å². The van der Waals surface area contributed by atoms with Crippen LogP contribution < -0.4 is 9.64 Å². The first-order chi connectivity index (χ1) is 14.0. The Bertz CT molecular complexity index is 1100. The largest absolute Gasteiger partial charge is 0.447 e. The Morgan fingerprint density at radius 1 is 1.28 bits per heavy atom. The lowest BCUT2D eigenvalue weighted by atomic mass is 10.1. The molecule has 0 N–H and O–H groups in total. The van der Waals surface area contributed by atoms with E-state index in [0.29, 0.717) is 27.1 Å². The highest BCUT2D eigenvalue weighted by Crippen LogP contribution is 2.44. The SMILES string of the molecule is CCC(=O)N1c2ccc(Cl)cc2-c2nnc(SC)nc2O[C@@H]1c1ccccc1F. The fourth-order valence-corrected chi connectivity index (χ4v) is 3.61. The molecule has 1 aliphatic rings. The Balaban J connectivity index is 2.02. The van der Waals surface area contributed by atoms with Crippen LogP contribution >= 0.6 is 23.4 Å². The van der Waals surface area contributed by atoms with Gasteiger partial charge in [0.25, 0.3) is 0 Å². The quantitative estimate of drug-likeness (QED) is 0.551. The van der Waals surface area contributed by atoms with Crippen LogP contribution in [0.15, 0.2) is 47.6 Å². The second kappa shape index (κ2) is 7.96. The van der Waals surface area contributed by atoms with E-state index in [2.05, 4.69) is 15.2 Å². The molecule has 0 spiro atoms. The summed E-state index contributed by atoms with van der Waals surface area (Å²) < 4.78 is 20.8. The van der Waals surface area contributed by atoms with Crippen molar-refractivity contribution in [2.24, 2.45) is 0 Å². The number of hydrogen-bond acceptors (Lipinski definition) is 6. The number of carbonyl (C=O) groups is 1. The van der Waals surface area contributed by atoms with Gasteiger partial charge in [0.2, 0.25) is 23.2 Å². The summed E-state index contributed by atoms with van der Waals surface area (Å²) in [4.78, 5) is 18.8. The van der Waals surface area contributed by atoms with Crippen LogP contribution in [0.25, 0.3) is 11.3 Å². The number of hydrogen-bond donors (Lipinski definition) is 0. The molecule has 0 radical (unpaired) electrons. The normalized spacial score (nSPS) is 15.2. The van der Waals surface area contributed by atoms with E-state index < -0.39 is 12.0 Å². The number of benzene rings is 2. The van der Waals surface area contributed by atoms with Gasteiger partial charge >= 0.3 is 0 Å². The minimum absolute atomic E-state index is 0.160. The standard InChI is InChI=1S/C20H16ClFN4O2S/c1-3-16(27)26-15-9-8-11(21)10-13(15)17-18(23-20(29-2)25-24-17)28-19(26)12-6-4-5-7-14(12)22/h4-10,19H,3H2,1-2H3/t19-/m1/s1. The molecular weight excluding hydrogens is 415 g/mol. The van der Waals surface area contributed by atoms with Crippen LogP contribution in [0.5, 0.6) is 5.88 Å². The van der Waals surface area contributed by atoms with Gasteiger partial charge < -0.3 is 4.74 Å². The fraction of sp³-hybridized carbons (Fsp3) is 0.200. The molecule has 1 aliphatic heterocycles. The first-order valence-corrected chi connectivity index (χ1v) is 10.5. The van der Waals surface area contributed by atoms with Gasteiger partial charge in [-0.15, -0.1) is 10.2 Å². The van der Waals surface area contributed by atoms with Crippen LogP contribution in [-0.4, -0.2) is 27.3 Å². The summed E-state index contributed by atoms with van der Waals surface area (Å²) in [5.41, 5.74) is 1.60. The summed E-state index contributed by atoms with van der Waals surface area (Å²) in [5.74, 6) is -0.572. The van der Waals surface area contributed by atoms with Gasteiger partial charge in [0, 0.05) is 22.6 Å². The van der Waals surface area contributed by atoms with Crippen LogP contribution in [0.4, 0.5) is 10.1 Å². The average molecular weight is 431 g/mol. The van der Waals surface area contributed by atoms with Gasteiger partial charge in [0.1, 0.15) is 5.82 Å². The fourth-order valence-electron chi connectivity index (χ4n) is 3.14. The molecular formula is C20H16ClFN4O2S. The third kappa shape index (κ3) is 3.54. The zero-order valence-corrected chi connectivity index (χ0v) is 17.2. The summed E-state index contributed by atoms with van der Waals surface area (Å²) in [6, 6.07) is 11.2. The van der Waals surface area contributed by atoms with Crippen LogP contribution in [0.2, 0.25) is 5.02 Å². The number of anilines is 1. The molecule has 0 unspecified atom stereocenters. The van der Waals surface area contributed by atoms with Crippen LogP contribution in [0.1, 0.15) is 25.1 Å². The van der Waals surface area contributed by atoms with E-state index in [-0.39, 0.29) is 23.8 Å². The number of rotatable bonds is 3. The van der Waals surface area contributed by atoms with Crippen molar-refractivity contribution in [1.82, 2.24) is 15.2 Å². The molecule has 3 aromatic rings. The first-order valence-electron chi connectivity index (χ1n) is 8.85. The van der Waals surface area contributed by atoms with Crippen molar-refractivity contribution >= 4 is 35.0 Å². The molecule has 6 nitrogen and oxygen atoms in total. The summed E-state index contributed by atoms with van der Waals surface area (Å²) in [6.45, 7) is 1.73. The highest BCUT2D eigenvalue weighted by molar-refractivity contribution is 7.98. The van der Waals surface area contributed by atoms with E-state index in [1.54, 1.807) is 43.3 Å². The van der Waals surface area contributed by atoms with Gasteiger partial charge in [-0.05, 0) is 30.5 Å². The van der Waals surface area contributed by atoms with Gasteiger partial charge in [-0.3, -0.25) is 9.69 Å². The highest BCUT2D eigenvalue weighted by Gasteiger charge is 2.36. The molecule has 1 atom stereocenters. The lowest BCUT2D eigenvalue weighted by molar-refractivity contribution is -0.120. The Morgan fingerprint density at radius 2 is 2.07 bits per heavy atom. The van der Waals surface area contributed by atoms with E-state index in [1.807, 2.05) is 6.26 Å². The minimum atomic E-state index is -1.06. The second-order valence-electron chi connectivity index (χ2n) is 6.22. The van der Waals surface area contributed by atoms with E-state index in [4.69, 9.17) is 16.3 Å². The summed E-state index contributed by atoms with van der Waals surface area (Å²) in [7, 11) is 0. The third-order valence-electron chi connectivity index (χ3n) is 4.49. The number of carbonyl (C=O) groups excluding carboxylic acids is 1. The third-order valence-corrected chi connectivity index (χ3v) is 5.26. The van der Waals surface area contributed by atoms with Gasteiger partial charge in [-0.25, -0.2) is 4.39 Å². The average Bonchev–Trinajstić information content (AvgIpc) is 2.87. The first kappa shape index (κ1) is 19.6. The number of thioether (sulfide) groups is 1. The summed E-state index contributed by atoms with van der Waals surface area (Å²) >= 11 is 7.52. The summed E-state index contributed by atoms with van der Waals surface area (Å²) in [6.07, 6.45) is 0.949. The smallest absolute Gasteiger partial charge is 0.247 e. The van der Waals surface area contributed by atoms with E-state index in [9.17, 15) is 9.18 Å². The second-order valence-corrected chi connectivity index (χ2v) is 7.43. The number of nitrogens with zero attached hydrogens (tertiary/aromatic N) is 4. The number of amides is 1. The Hall–Kier alpha value is -2.71. The molecule has 0 bridgehead atoms. The number of fused-ring (bicyclic) bond motifs is 3. The molecule has 2 aromatic carbocycles. The lowest BCUT2D eigenvalue weighted by Crippen LogP contribution is -2.37. The van der Waals surface area contributed by atoms with Gasteiger partial charge in [0.15, 0.2) is 5.69 Å². The molecule has 9 heteroatoms. The van der Waals surface area contributed by atoms with Crippen molar-refractivity contribution in [3.8, 4) is 17.1 Å². The number of halogens is 2. The zero-order valence-electron chi connectivity index (χ0n) is 15.6. The molecule has 0 saturated heterocycles. The molecule has 0 aliphatic carbocycles. The number of ether oxygens (including phenoxy) is 1. The van der Waals surface area contributed by atoms with Crippen molar-refractivity contribution < 1.29 is 13.9 Å². The van der Waals surface area contributed by atoms with Crippen LogP contribution in [0, 0.1) is 5.82 Å². The molecule has 1 aromatic heterocycles. The van der Waals surface area contributed by atoms with Crippen molar-refractivity contribution in [1.29, 1.82) is 0 Å². The molecule has 148 valence electrons. The molecule has 1 amide bonds. The van der Waals surface area contributed by atoms with Crippen LogP contribution in [0.3, 0.4) is 0 Å². The maximum atomic E-state index is 14.7.